The molecule has 0 fully saturated rings. The second-order valence-electron chi connectivity index (χ2n) is 16.6. The van der Waals surface area contributed by atoms with Crippen molar-refractivity contribution in [3.8, 4) is 22.4 Å². The number of allylic oxidation sites excluding steroid dienone is 2. The first-order valence-corrected chi connectivity index (χ1v) is 18.4. The van der Waals surface area contributed by atoms with Crippen molar-refractivity contribution in [1.82, 2.24) is 4.98 Å². The molecule has 0 N–H and O–H groups in total. The quantitative estimate of drug-likeness (QED) is 0.119. The van der Waals surface area contributed by atoms with E-state index in [4.69, 9.17) is 4.98 Å². The minimum atomic E-state index is -0.109. The van der Waals surface area contributed by atoms with E-state index in [1.807, 2.05) is 19.9 Å². The molecule has 1 radical (unpaired) electrons. The largest absolute Gasteiger partial charge is 0.686 e. The Hall–Kier alpha value is -3.59. The summed E-state index contributed by atoms with van der Waals surface area (Å²) in [6.45, 7) is 28.6. The monoisotopic (exact) mass is 856 g/mol. The second-order valence-corrected chi connectivity index (χ2v) is 16.6. The van der Waals surface area contributed by atoms with Crippen LogP contribution in [0.5, 0.6) is 0 Å². The molecule has 1 heterocycles. The number of nitrogens with zero attached hydrogens (tertiary/aromatic N) is 3. The van der Waals surface area contributed by atoms with Gasteiger partial charge in [0.2, 0.25) is 0 Å². The Balaban J connectivity index is 0.000000358. The molecule has 271 valence electrons. The third-order valence-corrected chi connectivity index (χ3v) is 9.37. The van der Waals surface area contributed by atoms with Crippen LogP contribution in [0.25, 0.3) is 49.4 Å². The first-order valence-electron chi connectivity index (χ1n) is 18.4. The van der Waals surface area contributed by atoms with Gasteiger partial charge >= 0.3 is 0 Å². The molecule has 0 saturated heterocycles. The molecule has 0 aliphatic heterocycles. The number of rotatable bonds is 7. The van der Waals surface area contributed by atoms with Gasteiger partial charge in [-0.2, -0.15) is 5.70 Å². The van der Waals surface area contributed by atoms with Crippen molar-refractivity contribution >= 4 is 27.4 Å². The Kier molecular flexibility index (Phi) is 12.6. The molecular weight excluding hydrogens is 799 g/mol. The molecule has 4 heteroatoms. The average molecular weight is 856 g/mol. The number of pyridine rings is 1. The van der Waals surface area contributed by atoms with Crippen molar-refractivity contribution in [3.05, 3.63) is 118 Å². The van der Waals surface area contributed by atoms with Gasteiger partial charge in [-0.3, -0.25) is 9.98 Å². The minimum absolute atomic E-state index is 0. The van der Waals surface area contributed by atoms with Crippen molar-refractivity contribution in [2.45, 2.75) is 119 Å². The number of aliphatic imine (C=N–C) groups is 1. The second kappa shape index (κ2) is 16.0. The molecule has 0 saturated carbocycles. The fourth-order valence-electron chi connectivity index (χ4n) is 7.56. The van der Waals surface area contributed by atoms with Gasteiger partial charge in [0, 0.05) is 48.4 Å². The standard InChI is InChI=1S/C36H36N.C11H21N2.Ir/c1-22(2)18-23-16-17-29-28(19-23)32-33(36(29,6)7)27-14-10-11-15-31(27)37-34(32)25-20-24-12-8-9-13-26(24)30(21-25)35(3,4)5;1-8(2)12-10(5)7-11(6)13-9(3)4;/h8-17,19,21-22H,18H2,1-7H3;7-9H,1-6H3;/q2*-1;/b;10-7-,13-11?;. The summed E-state index contributed by atoms with van der Waals surface area (Å²) in [4.78, 5) is 9.78. The van der Waals surface area contributed by atoms with Gasteiger partial charge in [-0.05, 0) is 72.4 Å². The van der Waals surface area contributed by atoms with E-state index in [2.05, 4.69) is 165 Å². The molecule has 1 aliphatic rings. The van der Waals surface area contributed by atoms with Crippen molar-refractivity contribution in [3.63, 3.8) is 0 Å². The van der Waals surface area contributed by atoms with E-state index < -0.39 is 0 Å². The summed E-state index contributed by atoms with van der Waals surface area (Å²) in [6, 6.07) is 31.3. The molecular formula is C47H57IrN3-2. The maximum Gasteiger partial charge on any atom is 0.0621 e. The molecule has 6 rings (SSSR count). The first kappa shape index (κ1) is 40.2. The SMILES string of the molecule is CC(/C=C(/C)[N-]C(C)C)=NC(C)C.CC(C)Cc1ccc2c(c1)-c1c(-c3[c-]c4ccccc4c(C(C)(C)C)c3)nc3ccccc3c1C2(C)C.[Ir]. The summed E-state index contributed by atoms with van der Waals surface area (Å²) in [5, 5.41) is 8.09. The molecule has 0 atom stereocenters. The molecule has 1 aliphatic carbocycles. The van der Waals surface area contributed by atoms with Gasteiger partial charge in [0.1, 0.15) is 0 Å². The van der Waals surface area contributed by atoms with E-state index in [0.717, 1.165) is 40.0 Å². The van der Waals surface area contributed by atoms with Crippen molar-refractivity contribution in [2.75, 3.05) is 0 Å². The Morgan fingerprint density at radius 3 is 2.16 bits per heavy atom. The van der Waals surface area contributed by atoms with Crippen LogP contribution in [0, 0.1) is 12.0 Å². The maximum atomic E-state index is 5.37. The van der Waals surface area contributed by atoms with Crippen molar-refractivity contribution in [2.24, 2.45) is 10.9 Å². The molecule has 0 spiro atoms. The van der Waals surface area contributed by atoms with Crippen LogP contribution in [-0.2, 0) is 37.4 Å². The zero-order valence-corrected chi connectivity index (χ0v) is 35.5. The van der Waals surface area contributed by atoms with Crippen LogP contribution in [-0.4, -0.2) is 22.8 Å². The van der Waals surface area contributed by atoms with E-state index >= 15 is 0 Å². The van der Waals surface area contributed by atoms with E-state index in [-0.39, 0.29) is 30.9 Å². The minimum Gasteiger partial charge on any atom is -0.686 e. The molecule has 3 nitrogen and oxygen atoms in total. The van der Waals surface area contributed by atoms with Crippen LogP contribution in [0.15, 0.2) is 89.6 Å². The molecule has 0 bridgehead atoms. The fraction of sp³-hybridized carbons (Fsp3) is 0.404. The molecule has 5 aromatic rings. The Morgan fingerprint density at radius 1 is 0.882 bits per heavy atom. The van der Waals surface area contributed by atoms with Crippen LogP contribution in [0.3, 0.4) is 0 Å². The summed E-state index contributed by atoms with van der Waals surface area (Å²) in [5.74, 6) is 0.615. The maximum absolute atomic E-state index is 5.37. The van der Waals surface area contributed by atoms with Gasteiger partial charge in [-0.15, -0.1) is 35.2 Å². The zero-order valence-electron chi connectivity index (χ0n) is 33.1. The number of hydrogen-bond donors (Lipinski definition) is 0. The number of hydrogen-bond acceptors (Lipinski definition) is 2. The Morgan fingerprint density at radius 2 is 1.53 bits per heavy atom. The number of aromatic nitrogens is 1. The van der Waals surface area contributed by atoms with Gasteiger partial charge in [-0.1, -0.05) is 141 Å². The van der Waals surface area contributed by atoms with Gasteiger partial charge in [0.15, 0.2) is 0 Å². The van der Waals surface area contributed by atoms with E-state index in [0.29, 0.717) is 18.0 Å². The molecule has 51 heavy (non-hydrogen) atoms. The molecule has 0 amide bonds. The van der Waals surface area contributed by atoms with E-state index in [1.165, 1.54) is 44.2 Å². The van der Waals surface area contributed by atoms with Gasteiger partial charge < -0.3 is 5.32 Å². The summed E-state index contributed by atoms with van der Waals surface area (Å²) in [5.41, 5.74) is 13.3. The first-order chi connectivity index (χ1) is 23.5. The smallest absolute Gasteiger partial charge is 0.0621 e. The average Bonchev–Trinajstić information content (AvgIpc) is 3.25. The van der Waals surface area contributed by atoms with Crippen molar-refractivity contribution in [1.29, 1.82) is 0 Å². The van der Waals surface area contributed by atoms with Gasteiger partial charge in [-0.25, -0.2) is 0 Å². The summed E-state index contributed by atoms with van der Waals surface area (Å²) in [7, 11) is 0. The predicted octanol–water partition coefficient (Wildman–Crippen LogP) is 13.2. The number of para-hydroxylation sites is 1. The van der Waals surface area contributed by atoms with Crippen LogP contribution >= 0.6 is 0 Å². The number of benzene rings is 4. The van der Waals surface area contributed by atoms with E-state index in [9.17, 15) is 0 Å². The summed E-state index contributed by atoms with van der Waals surface area (Å²) < 4.78 is 0. The third kappa shape index (κ3) is 8.90. The summed E-state index contributed by atoms with van der Waals surface area (Å²) in [6.07, 6.45) is 3.11. The molecule has 4 aromatic carbocycles. The number of fused-ring (bicyclic) bond motifs is 6. The van der Waals surface area contributed by atoms with Crippen LogP contribution < -0.4 is 0 Å². The van der Waals surface area contributed by atoms with Crippen LogP contribution in [0.4, 0.5) is 0 Å². The van der Waals surface area contributed by atoms with Crippen LogP contribution in [0.2, 0.25) is 0 Å². The Labute approximate surface area is 321 Å². The fourth-order valence-corrected chi connectivity index (χ4v) is 7.56. The van der Waals surface area contributed by atoms with E-state index in [1.54, 1.807) is 0 Å². The summed E-state index contributed by atoms with van der Waals surface area (Å²) >= 11 is 0. The van der Waals surface area contributed by atoms with Crippen LogP contribution in [0.1, 0.15) is 112 Å². The molecule has 0 unspecified atom stereocenters. The zero-order chi connectivity index (χ0) is 36.5. The van der Waals surface area contributed by atoms with Gasteiger partial charge in [0.25, 0.3) is 0 Å². The van der Waals surface area contributed by atoms with Crippen molar-refractivity contribution < 1.29 is 20.1 Å². The van der Waals surface area contributed by atoms with Gasteiger partial charge in [0.05, 0.1) is 5.52 Å². The predicted molar refractivity (Wildman–Crippen MR) is 219 cm³/mol. The Bertz CT molecular complexity index is 2070. The third-order valence-electron chi connectivity index (χ3n) is 9.37. The normalized spacial score (nSPS) is 14.0. The molecule has 1 aromatic heterocycles. The topological polar surface area (TPSA) is 39.4 Å².